The molecular formula is C18H31N5. The van der Waals surface area contributed by atoms with E-state index in [9.17, 15) is 0 Å². The van der Waals surface area contributed by atoms with Crippen LogP contribution in [0.4, 0.5) is 11.6 Å². The second kappa shape index (κ2) is 7.04. The zero-order chi connectivity index (χ0) is 16.3. The Morgan fingerprint density at radius 1 is 1.00 bits per heavy atom. The van der Waals surface area contributed by atoms with Gasteiger partial charge in [-0.3, -0.25) is 4.90 Å². The van der Waals surface area contributed by atoms with Crippen LogP contribution in [0.2, 0.25) is 0 Å². The quantitative estimate of drug-likeness (QED) is 0.928. The van der Waals surface area contributed by atoms with Crippen LogP contribution < -0.4 is 10.2 Å². The molecule has 5 heteroatoms. The number of likely N-dealkylation sites (tertiary alicyclic amines) is 1. The maximum Gasteiger partial charge on any atom is 0.134 e. The topological polar surface area (TPSA) is 44.3 Å². The van der Waals surface area contributed by atoms with E-state index in [0.717, 1.165) is 37.8 Å². The molecule has 2 aliphatic rings. The predicted octanol–water partition coefficient (Wildman–Crippen LogP) is 3.14. The van der Waals surface area contributed by atoms with Gasteiger partial charge < -0.3 is 10.2 Å². The normalized spacial score (nSPS) is 21.4. The molecule has 0 aromatic carbocycles. The molecule has 0 bridgehead atoms. The van der Waals surface area contributed by atoms with Crippen molar-refractivity contribution in [2.24, 2.45) is 0 Å². The summed E-state index contributed by atoms with van der Waals surface area (Å²) in [6.07, 6.45) is 7.96. The zero-order valence-corrected chi connectivity index (χ0v) is 14.9. The lowest BCUT2D eigenvalue weighted by Crippen LogP contribution is -2.48. The van der Waals surface area contributed by atoms with Gasteiger partial charge in [0.15, 0.2) is 0 Å². The van der Waals surface area contributed by atoms with Crippen LogP contribution in [0.15, 0.2) is 12.4 Å². The summed E-state index contributed by atoms with van der Waals surface area (Å²) in [7, 11) is 0. The van der Waals surface area contributed by atoms with E-state index in [1.807, 2.05) is 0 Å². The number of rotatable bonds is 3. The lowest BCUT2D eigenvalue weighted by Gasteiger charge is -2.41. The van der Waals surface area contributed by atoms with E-state index in [1.165, 1.54) is 32.1 Å². The third kappa shape index (κ3) is 4.34. The number of aromatic nitrogens is 2. The standard InChI is InChI=1S/C18H31N5/c1-18(2,3)23-11-7-15(8-12-23)21-16-13-17(20-14-19-16)22-9-5-4-6-10-22/h13-15H,4-12H2,1-3H3,(H,19,20,21). The van der Waals surface area contributed by atoms with Crippen molar-refractivity contribution in [3.05, 3.63) is 12.4 Å². The van der Waals surface area contributed by atoms with E-state index in [0.29, 0.717) is 6.04 Å². The van der Waals surface area contributed by atoms with Gasteiger partial charge in [-0.25, -0.2) is 9.97 Å². The van der Waals surface area contributed by atoms with Crippen molar-refractivity contribution in [1.82, 2.24) is 14.9 Å². The minimum Gasteiger partial charge on any atom is -0.367 e. The highest BCUT2D eigenvalue weighted by molar-refractivity contribution is 5.49. The van der Waals surface area contributed by atoms with Crippen molar-refractivity contribution in [1.29, 1.82) is 0 Å². The molecule has 0 aliphatic carbocycles. The summed E-state index contributed by atoms with van der Waals surface area (Å²) in [5.74, 6) is 2.06. The number of hydrogen-bond donors (Lipinski definition) is 1. The van der Waals surface area contributed by atoms with Gasteiger partial charge in [0, 0.05) is 43.8 Å². The predicted molar refractivity (Wildman–Crippen MR) is 96.1 cm³/mol. The number of anilines is 2. The molecule has 2 aliphatic heterocycles. The summed E-state index contributed by atoms with van der Waals surface area (Å²) >= 11 is 0. The SMILES string of the molecule is CC(C)(C)N1CCC(Nc2cc(N3CCCCC3)ncn2)CC1. The summed E-state index contributed by atoms with van der Waals surface area (Å²) in [5.41, 5.74) is 0.279. The fourth-order valence-electron chi connectivity index (χ4n) is 3.63. The highest BCUT2D eigenvalue weighted by Gasteiger charge is 2.27. The Morgan fingerprint density at radius 2 is 1.70 bits per heavy atom. The fourth-order valence-corrected chi connectivity index (χ4v) is 3.63. The van der Waals surface area contributed by atoms with Crippen LogP contribution >= 0.6 is 0 Å². The van der Waals surface area contributed by atoms with Crippen molar-refractivity contribution >= 4 is 11.6 Å². The molecule has 0 radical (unpaired) electrons. The smallest absolute Gasteiger partial charge is 0.134 e. The molecule has 0 unspecified atom stereocenters. The number of nitrogens with zero attached hydrogens (tertiary/aromatic N) is 4. The summed E-state index contributed by atoms with van der Waals surface area (Å²) in [6, 6.07) is 2.65. The molecule has 0 amide bonds. The van der Waals surface area contributed by atoms with Crippen molar-refractivity contribution in [3.8, 4) is 0 Å². The third-order valence-electron chi connectivity index (χ3n) is 5.13. The van der Waals surface area contributed by atoms with Gasteiger partial charge in [-0.2, -0.15) is 0 Å². The summed E-state index contributed by atoms with van der Waals surface area (Å²) in [4.78, 5) is 13.9. The van der Waals surface area contributed by atoms with Crippen molar-refractivity contribution in [2.45, 2.75) is 64.5 Å². The van der Waals surface area contributed by atoms with E-state index in [-0.39, 0.29) is 5.54 Å². The summed E-state index contributed by atoms with van der Waals surface area (Å²) in [5, 5.41) is 3.63. The number of piperidine rings is 2. The Kier molecular flexibility index (Phi) is 5.05. The van der Waals surface area contributed by atoms with Gasteiger partial charge >= 0.3 is 0 Å². The molecule has 3 rings (SSSR count). The first-order valence-corrected chi connectivity index (χ1v) is 9.11. The van der Waals surface area contributed by atoms with Gasteiger partial charge in [0.1, 0.15) is 18.0 Å². The van der Waals surface area contributed by atoms with Gasteiger partial charge in [0.2, 0.25) is 0 Å². The van der Waals surface area contributed by atoms with Crippen LogP contribution in [0, 0.1) is 0 Å². The van der Waals surface area contributed by atoms with Gasteiger partial charge in [0.25, 0.3) is 0 Å². The summed E-state index contributed by atoms with van der Waals surface area (Å²) < 4.78 is 0. The summed E-state index contributed by atoms with van der Waals surface area (Å²) in [6.45, 7) is 11.5. The fraction of sp³-hybridized carbons (Fsp3) is 0.778. The molecule has 2 fully saturated rings. The first-order chi connectivity index (χ1) is 11.0. The van der Waals surface area contributed by atoms with Crippen molar-refractivity contribution in [2.75, 3.05) is 36.4 Å². The van der Waals surface area contributed by atoms with Crippen LogP contribution in [-0.4, -0.2) is 52.6 Å². The molecule has 1 N–H and O–H groups in total. The Balaban J connectivity index is 1.56. The molecule has 0 saturated carbocycles. The maximum atomic E-state index is 4.47. The minimum absolute atomic E-state index is 0.279. The molecule has 3 heterocycles. The molecule has 5 nitrogen and oxygen atoms in total. The van der Waals surface area contributed by atoms with Gasteiger partial charge in [-0.1, -0.05) is 0 Å². The van der Waals surface area contributed by atoms with Crippen LogP contribution in [0.1, 0.15) is 52.9 Å². The van der Waals surface area contributed by atoms with E-state index in [4.69, 9.17) is 0 Å². The first kappa shape index (κ1) is 16.5. The Labute approximate surface area is 140 Å². The second-order valence-corrected chi connectivity index (χ2v) is 7.89. The van der Waals surface area contributed by atoms with Crippen LogP contribution in [0.5, 0.6) is 0 Å². The van der Waals surface area contributed by atoms with E-state index in [1.54, 1.807) is 6.33 Å². The molecule has 1 aromatic rings. The average Bonchev–Trinajstić information content (AvgIpc) is 2.56. The Morgan fingerprint density at radius 3 is 2.35 bits per heavy atom. The lowest BCUT2D eigenvalue weighted by molar-refractivity contribution is 0.106. The number of nitrogens with one attached hydrogen (secondary N) is 1. The van der Waals surface area contributed by atoms with Crippen LogP contribution in [0.3, 0.4) is 0 Å². The second-order valence-electron chi connectivity index (χ2n) is 7.89. The molecule has 128 valence electrons. The molecule has 0 atom stereocenters. The van der Waals surface area contributed by atoms with Crippen molar-refractivity contribution < 1.29 is 0 Å². The maximum absolute atomic E-state index is 4.47. The largest absolute Gasteiger partial charge is 0.367 e. The van der Waals surface area contributed by atoms with E-state index < -0.39 is 0 Å². The van der Waals surface area contributed by atoms with Gasteiger partial charge in [-0.15, -0.1) is 0 Å². The van der Waals surface area contributed by atoms with Crippen molar-refractivity contribution in [3.63, 3.8) is 0 Å². The molecular weight excluding hydrogens is 286 g/mol. The highest BCUT2D eigenvalue weighted by Crippen LogP contribution is 2.23. The molecule has 1 aromatic heterocycles. The van der Waals surface area contributed by atoms with Gasteiger partial charge in [0.05, 0.1) is 0 Å². The van der Waals surface area contributed by atoms with E-state index in [2.05, 4.69) is 51.9 Å². The Hall–Kier alpha value is -1.36. The van der Waals surface area contributed by atoms with Crippen LogP contribution in [0.25, 0.3) is 0 Å². The molecule has 2 saturated heterocycles. The highest BCUT2D eigenvalue weighted by atomic mass is 15.2. The Bertz CT molecular complexity index is 496. The third-order valence-corrected chi connectivity index (χ3v) is 5.13. The van der Waals surface area contributed by atoms with E-state index >= 15 is 0 Å². The average molecular weight is 317 g/mol. The molecule has 23 heavy (non-hydrogen) atoms. The monoisotopic (exact) mass is 317 g/mol. The van der Waals surface area contributed by atoms with Gasteiger partial charge in [-0.05, 0) is 52.9 Å². The number of hydrogen-bond acceptors (Lipinski definition) is 5. The lowest BCUT2D eigenvalue weighted by atomic mass is 9.98. The van der Waals surface area contributed by atoms with Crippen LogP contribution in [-0.2, 0) is 0 Å². The first-order valence-electron chi connectivity index (χ1n) is 9.11. The zero-order valence-electron chi connectivity index (χ0n) is 14.9. The molecule has 0 spiro atoms. The minimum atomic E-state index is 0.279.